The molecule has 2 aliphatic rings. The number of fused-ring (bicyclic) bond motifs is 2. The minimum absolute atomic E-state index is 0.0676. The maximum absolute atomic E-state index is 14.2. The third-order valence-corrected chi connectivity index (χ3v) is 9.45. The highest BCUT2D eigenvalue weighted by Gasteiger charge is 2.19. The molecule has 0 saturated carbocycles. The summed E-state index contributed by atoms with van der Waals surface area (Å²) in [6.07, 6.45) is 4.28. The smallest absolute Gasteiger partial charge is 0.255 e. The molecular weight excluding hydrogens is 669 g/mol. The molecule has 8 rings (SSSR count). The van der Waals surface area contributed by atoms with Crippen LogP contribution in [0.4, 0.5) is 10.1 Å². The SMILES string of the molecule is C1COC1.Cc1[nH]nc2c(C)cc(NC(=O)c3ccc4c(c3)nc(CN3CC=C(c5cccc(OCc6ccc(Cl)cc6F)n5)CC3)n4C)cc12. The normalized spacial score (nSPS) is 14.5. The summed E-state index contributed by atoms with van der Waals surface area (Å²) in [7, 11) is 2.01. The number of aromatic nitrogens is 5. The summed E-state index contributed by atoms with van der Waals surface area (Å²) in [5, 5.41) is 11.7. The number of nitrogens with one attached hydrogen (secondary N) is 2. The molecular formula is C39H39ClFN7O3. The van der Waals surface area contributed by atoms with Gasteiger partial charge in [-0.25, -0.2) is 14.4 Å². The van der Waals surface area contributed by atoms with Crippen LogP contribution in [0, 0.1) is 19.7 Å². The minimum atomic E-state index is -0.403. The largest absolute Gasteiger partial charge is 0.473 e. The van der Waals surface area contributed by atoms with Gasteiger partial charge in [-0.3, -0.25) is 14.8 Å². The van der Waals surface area contributed by atoms with Crippen molar-refractivity contribution in [3.63, 3.8) is 0 Å². The number of pyridine rings is 1. The van der Waals surface area contributed by atoms with E-state index in [2.05, 4.69) is 36.0 Å². The number of aryl methyl sites for hydroxylation is 3. The van der Waals surface area contributed by atoms with Crippen molar-refractivity contribution in [2.45, 2.75) is 39.8 Å². The average Bonchev–Trinajstić information content (AvgIpc) is 3.62. The Hall–Kier alpha value is -5.10. The number of hydrogen-bond acceptors (Lipinski definition) is 7. The fourth-order valence-corrected chi connectivity index (χ4v) is 6.28. The van der Waals surface area contributed by atoms with E-state index in [0.717, 1.165) is 88.7 Å². The zero-order valence-corrected chi connectivity index (χ0v) is 29.6. The van der Waals surface area contributed by atoms with Gasteiger partial charge in [-0.15, -0.1) is 0 Å². The first-order valence-corrected chi connectivity index (χ1v) is 17.3. The maximum atomic E-state index is 14.2. The molecule has 10 nitrogen and oxygen atoms in total. The van der Waals surface area contributed by atoms with Crippen molar-refractivity contribution in [2.24, 2.45) is 7.05 Å². The molecule has 6 aromatic rings. The van der Waals surface area contributed by atoms with Crippen LogP contribution in [0.5, 0.6) is 5.88 Å². The number of carbonyl (C=O) groups is 1. The van der Waals surface area contributed by atoms with Crippen molar-refractivity contribution in [3.05, 3.63) is 118 Å². The van der Waals surface area contributed by atoms with Gasteiger partial charge in [-0.1, -0.05) is 29.8 Å². The number of carbonyl (C=O) groups excluding carboxylic acids is 1. The topological polar surface area (TPSA) is 110 Å². The van der Waals surface area contributed by atoms with E-state index in [9.17, 15) is 9.18 Å². The lowest BCUT2D eigenvalue weighted by atomic mass is 10.0. The number of H-pyrrole nitrogens is 1. The van der Waals surface area contributed by atoms with Crippen molar-refractivity contribution in [1.82, 2.24) is 29.6 Å². The first-order valence-electron chi connectivity index (χ1n) is 17.0. The summed E-state index contributed by atoms with van der Waals surface area (Å²) in [5.41, 5.74) is 8.29. The summed E-state index contributed by atoms with van der Waals surface area (Å²) in [6.45, 7) is 8.27. The highest BCUT2D eigenvalue weighted by molar-refractivity contribution is 6.30. The predicted octanol–water partition coefficient (Wildman–Crippen LogP) is 7.78. The van der Waals surface area contributed by atoms with Gasteiger partial charge in [0, 0.05) is 72.3 Å². The summed E-state index contributed by atoms with van der Waals surface area (Å²) < 4.78 is 26.7. The molecule has 0 atom stereocenters. The molecule has 51 heavy (non-hydrogen) atoms. The number of amides is 1. The molecule has 2 N–H and O–H groups in total. The lowest BCUT2D eigenvalue weighted by Gasteiger charge is -2.25. The Labute approximate surface area is 300 Å². The summed E-state index contributed by atoms with van der Waals surface area (Å²) in [4.78, 5) is 25.1. The molecule has 0 unspecified atom stereocenters. The molecule has 2 aliphatic heterocycles. The van der Waals surface area contributed by atoms with Crippen molar-refractivity contribution in [2.75, 3.05) is 31.6 Å². The van der Waals surface area contributed by atoms with Gasteiger partial charge in [0.2, 0.25) is 5.88 Å². The number of ether oxygens (including phenoxy) is 2. The van der Waals surface area contributed by atoms with Crippen LogP contribution in [0.15, 0.2) is 72.8 Å². The van der Waals surface area contributed by atoms with Crippen LogP contribution >= 0.6 is 11.6 Å². The van der Waals surface area contributed by atoms with E-state index in [0.29, 0.717) is 28.6 Å². The molecule has 3 aromatic carbocycles. The molecule has 262 valence electrons. The number of aromatic amines is 1. The third-order valence-electron chi connectivity index (χ3n) is 9.21. The Kier molecular flexibility index (Phi) is 10.1. The zero-order chi connectivity index (χ0) is 35.5. The number of hydrogen-bond donors (Lipinski definition) is 2. The highest BCUT2D eigenvalue weighted by atomic mass is 35.5. The molecule has 1 amide bonds. The van der Waals surface area contributed by atoms with Gasteiger partial charge in [-0.2, -0.15) is 5.10 Å². The van der Waals surface area contributed by atoms with E-state index in [4.69, 9.17) is 26.1 Å². The van der Waals surface area contributed by atoms with Gasteiger partial charge in [0.05, 0.1) is 28.8 Å². The monoisotopic (exact) mass is 707 g/mol. The molecule has 0 aliphatic carbocycles. The molecule has 0 radical (unpaired) electrons. The Morgan fingerprint density at radius 2 is 1.90 bits per heavy atom. The van der Waals surface area contributed by atoms with E-state index in [1.807, 2.05) is 63.4 Å². The summed E-state index contributed by atoms with van der Waals surface area (Å²) >= 11 is 5.86. The Bertz CT molecular complexity index is 2260. The van der Waals surface area contributed by atoms with Gasteiger partial charge in [-0.05, 0) is 86.4 Å². The standard InChI is InChI=1S/C36H33ClFN7O2.C3H6O/c1-21-15-27(18-28-22(2)42-43-35(21)28)39-36(46)24-8-10-32-31(16-24)40-33(44(32)3)19-45-13-11-23(12-14-45)30-5-4-6-34(41-30)47-20-25-7-9-26(37)17-29(25)38;1-2-4-3-1/h4-11,15-18H,12-14,19-20H2,1-3H3,(H,39,46)(H,42,43);1-3H2. The van der Waals surface area contributed by atoms with Crippen LogP contribution in [-0.4, -0.2) is 61.8 Å². The second kappa shape index (κ2) is 15.0. The first kappa shape index (κ1) is 34.4. The Morgan fingerprint density at radius 3 is 2.65 bits per heavy atom. The molecule has 1 fully saturated rings. The lowest BCUT2D eigenvalue weighted by molar-refractivity contribution is 0.0367. The molecule has 5 heterocycles. The number of nitrogens with zero attached hydrogens (tertiary/aromatic N) is 5. The van der Waals surface area contributed by atoms with Gasteiger partial charge in [0.25, 0.3) is 5.91 Å². The molecule has 0 bridgehead atoms. The van der Waals surface area contributed by atoms with Gasteiger partial charge >= 0.3 is 0 Å². The number of imidazole rings is 1. The Balaban J connectivity index is 0.000000950. The second-order valence-electron chi connectivity index (χ2n) is 12.8. The lowest BCUT2D eigenvalue weighted by Crippen LogP contribution is -2.29. The van der Waals surface area contributed by atoms with Crippen LogP contribution in [0.3, 0.4) is 0 Å². The van der Waals surface area contributed by atoms with Crippen molar-refractivity contribution >= 4 is 50.7 Å². The van der Waals surface area contributed by atoms with Crippen LogP contribution in [0.25, 0.3) is 27.5 Å². The number of anilines is 1. The predicted molar refractivity (Wildman–Crippen MR) is 198 cm³/mol. The fourth-order valence-electron chi connectivity index (χ4n) is 6.12. The van der Waals surface area contributed by atoms with E-state index in [1.165, 1.54) is 12.5 Å². The number of benzene rings is 3. The van der Waals surface area contributed by atoms with Gasteiger partial charge in [0.1, 0.15) is 18.2 Å². The van der Waals surface area contributed by atoms with Crippen molar-refractivity contribution in [3.8, 4) is 5.88 Å². The highest BCUT2D eigenvalue weighted by Crippen LogP contribution is 2.27. The average molecular weight is 708 g/mol. The number of halogens is 2. The van der Waals surface area contributed by atoms with Crippen LogP contribution in [0.1, 0.15) is 51.5 Å². The zero-order valence-electron chi connectivity index (χ0n) is 28.8. The quantitative estimate of drug-likeness (QED) is 0.166. The second-order valence-corrected chi connectivity index (χ2v) is 13.3. The van der Waals surface area contributed by atoms with Crippen LogP contribution < -0.4 is 10.1 Å². The van der Waals surface area contributed by atoms with E-state index in [-0.39, 0.29) is 12.5 Å². The van der Waals surface area contributed by atoms with Gasteiger partial charge in [0.15, 0.2) is 0 Å². The molecule has 0 spiro atoms. The summed E-state index contributed by atoms with van der Waals surface area (Å²) in [6, 6.07) is 19.7. The molecule has 3 aromatic heterocycles. The van der Waals surface area contributed by atoms with E-state index >= 15 is 0 Å². The fraction of sp³-hybridized carbons (Fsp3) is 0.282. The van der Waals surface area contributed by atoms with Crippen molar-refractivity contribution in [1.29, 1.82) is 0 Å². The third kappa shape index (κ3) is 7.80. The van der Waals surface area contributed by atoms with Crippen molar-refractivity contribution < 1.29 is 18.7 Å². The first-order chi connectivity index (χ1) is 24.7. The van der Waals surface area contributed by atoms with E-state index in [1.54, 1.807) is 18.2 Å². The van der Waals surface area contributed by atoms with Crippen LogP contribution in [0.2, 0.25) is 5.02 Å². The maximum Gasteiger partial charge on any atom is 0.255 e. The summed E-state index contributed by atoms with van der Waals surface area (Å²) in [5.74, 6) is 0.777. The molecule has 12 heteroatoms. The minimum Gasteiger partial charge on any atom is -0.473 e. The number of rotatable bonds is 8. The molecule has 1 saturated heterocycles. The van der Waals surface area contributed by atoms with E-state index < -0.39 is 5.82 Å². The van der Waals surface area contributed by atoms with Crippen LogP contribution in [-0.2, 0) is 24.9 Å². The Morgan fingerprint density at radius 1 is 1.08 bits per heavy atom. The van der Waals surface area contributed by atoms with Gasteiger partial charge < -0.3 is 19.4 Å².